The molecule has 0 saturated carbocycles. The first-order valence-corrected chi connectivity index (χ1v) is 49.5. The Morgan fingerprint density at radius 2 is 0.338 bits per heavy atom. The number of hydrogen-bond donors (Lipinski definition) is 0. The van der Waals surface area contributed by atoms with E-state index >= 15 is 0 Å². The smallest absolute Gasteiger partial charge is 0.136 e. The average molecular weight is 1850 g/mol. The van der Waals surface area contributed by atoms with Gasteiger partial charge in [-0.25, -0.2) is 0 Å². The molecule has 145 heavy (non-hydrogen) atoms. The number of rotatable bonds is 15. The predicted molar refractivity (Wildman–Crippen MR) is 611 cm³/mol. The van der Waals surface area contributed by atoms with E-state index in [-0.39, 0.29) is 0 Å². The zero-order valence-corrected chi connectivity index (χ0v) is 79.2. The number of hydrogen-bond acceptors (Lipinski definition) is 4. The SMILES string of the molecule is c1ccc(-c2ccc(-c3cc(-c4ccc(-c5ccc6ccccc6c5)cc4)cc(-c4ccc5c(c4)oc4ccccc45)c3)cc2)cc1.c1ccc(-c2ccc(-c3cc(-c4ccc5c(c4)oc4ccccc45)cc(-c4ccc(-c5ccc6ccccc6c5)cn4)c3)cc2)cc1.c1ccc2cc(-c3ccc(-c4cc(-c5ccc(-c6cccc7ccccc67)cc5)cc(-c5ccc6c(c5)oc5ccccc56)c4)cc3)ccc2c1. The molecular formula is C141H91NO3. The second-order valence-electron chi connectivity index (χ2n) is 37.6. The molecule has 28 aromatic rings. The zero-order chi connectivity index (χ0) is 96.0. The first-order valence-electron chi connectivity index (χ1n) is 49.5. The van der Waals surface area contributed by atoms with Crippen LogP contribution in [0.25, 0.3) is 276 Å². The molecule has 0 radical (unpaired) electrons. The Kier molecular flexibility index (Phi) is 22.3. The monoisotopic (exact) mass is 1850 g/mol. The van der Waals surface area contributed by atoms with Gasteiger partial charge >= 0.3 is 0 Å². The number of fused-ring (bicyclic) bond motifs is 13. The van der Waals surface area contributed by atoms with E-state index in [0.717, 1.165) is 133 Å². The summed E-state index contributed by atoms with van der Waals surface area (Å²) in [6, 6.07) is 196. The standard InChI is InChI=1S/C50H32O.C46H30O.C45H29NO/c1-2-10-39-28-40(25-22-33(39)8-1)34-16-18-35(19-17-34)42-29-43(36-20-23-38(24-21-36)46-14-7-11-37-9-3-4-12-45(37)46)31-44(30-42)41-26-27-48-47-13-5-6-15-49(47)51-50(48)32-41;1-2-8-31(9-3-1)33-14-18-35(19-15-33)40-27-41(36-20-16-34(17-21-36)38-23-22-32-10-4-5-11-37(32)26-38)29-42(28-40)39-24-25-44-43-12-6-7-13-45(43)47-46(44)30-39;1-2-8-30(9-3-1)32-14-16-33(17-15-32)38-25-39(36-20-22-42-41-12-6-7-13-44(41)47-45(42)28-36)27-40(26-38)43-23-21-37(29-46-43)35-19-18-31-10-4-5-11-34(31)24-35/h1-32H;1-30H;1-29H. The molecule has 0 unspecified atom stereocenters. The zero-order valence-electron chi connectivity index (χ0n) is 79.2. The number of para-hydroxylation sites is 3. The van der Waals surface area contributed by atoms with Crippen LogP contribution < -0.4 is 0 Å². The quantitative estimate of drug-likeness (QED) is 0.103. The molecule has 678 valence electrons. The number of nitrogens with zero attached hydrogens (tertiary/aromatic N) is 1. The van der Waals surface area contributed by atoms with E-state index < -0.39 is 0 Å². The first kappa shape index (κ1) is 86.2. The first-order chi connectivity index (χ1) is 71.7. The Morgan fingerprint density at radius 1 is 0.110 bits per heavy atom. The number of pyridine rings is 1. The van der Waals surface area contributed by atoms with Gasteiger partial charge in [0.1, 0.15) is 33.5 Å². The Morgan fingerprint density at radius 3 is 0.683 bits per heavy atom. The fourth-order valence-electron chi connectivity index (χ4n) is 20.9. The van der Waals surface area contributed by atoms with Crippen LogP contribution in [0.15, 0.2) is 565 Å². The summed E-state index contributed by atoms with van der Waals surface area (Å²) in [6.45, 7) is 0. The molecule has 28 rings (SSSR count). The second-order valence-corrected chi connectivity index (χ2v) is 37.6. The van der Waals surface area contributed by atoms with E-state index in [1.165, 1.54) is 143 Å². The molecule has 4 heteroatoms. The second kappa shape index (κ2) is 37.6. The van der Waals surface area contributed by atoms with Gasteiger partial charge in [-0.05, 0) is 327 Å². The molecule has 0 aliphatic carbocycles. The minimum absolute atomic E-state index is 0.890. The molecule has 0 N–H and O–H groups in total. The maximum Gasteiger partial charge on any atom is 0.136 e. The molecule has 0 fully saturated rings. The highest BCUT2D eigenvalue weighted by Crippen LogP contribution is 2.45. The summed E-state index contributed by atoms with van der Waals surface area (Å²) in [5.41, 5.74) is 40.4. The van der Waals surface area contributed by atoms with Gasteiger partial charge in [-0.1, -0.05) is 413 Å². The van der Waals surface area contributed by atoms with Gasteiger partial charge in [0.05, 0.1) is 5.69 Å². The van der Waals surface area contributed by atoms with Crippen molar-refractivity contribution in [2.45, 2.75) is 0 Å². The maximum absolute atomic E-state index is 6.31. The molecular weight excluding hydrogens is 1760 g/mol. The lowest BCUT2D eigenvalue weighted by atomic mass is 9.91. The summed E-state index contributed by atoms with van der Waals surface area (Å²) in [7, 11) is 0. The van der Waals surface area contributed by atoms with Gasteiger partial charge in [0.2, 0.25) is 0 Å². The van der Waals surface area contributed by atoms with Crippen molar-refractivity contribution in [1.82, 2.24) is 4.98 Å². The van der Waals surface area contributed by atoms with Crippen molar-refractivity contribution in [1.29, 1.82) is 0 Å². The van der Waals surface area contributed by atoms with Gasteiger partial charge < -0.3 is 13.3 Å². The fourth-order valence-corrected chi connectivity index (χ4v) is 20.9. The summed E-state index contributed by atoms with van der Waals surface area (Å²) in [5, 5.41) is 16.9. The molecule has 0 bridgehead atoms. The predicted octanol–water partition coefficient (Wildman–Crippen LogP) is 39.8. The van der Waals surface area contributed by atoms with Crippen molar-refractivity contribution in [3.63, 3.8) is 0 Å². The van der Waals surface area contributed by atoms with E-state index in [0.29, 0.717) is 0 Å². The third-order valence-electron chi connectivity index (χ3n) is 28.6. The highest BCUT2D eigenvalue weighted by atomic mass is 16.3. The van der Waals surface area contributed by atoms with E-state index in [4.69, 9.17) is 18.2 Å². The Hall–Kier alpha value is -19.1. The van der Waals surface area contributed by atoms with Crippen LogP contribution in [0.3, 0.4) is 0 Å². The summed E-state index contributed by atoms with van der Waals surface area (Å²) < 4.78 is 18.9. The Balaban J connectivity index is 0.000000111. The van der Waals surface area contributed by atoms with Crippen LogP contribution in [0, 0.1) is 0 Å². The molecule has 24 aromatic carbocycles. The topological polar surface area (TPSA) is 52.3 Å². The van der Waals surface area contributed by atoms with Crippen molar-refractivity contribution < 1.29 is 13.3 Å². The molecule has 0 saturated heterocycles. The lowest BCUT2D eigenvalue weighted by molar-refractivity contribution is 0.668. The molecule has 0 aliphatic heterocycles. The normalized spacial score (nSPS) is 11.4. The van der Waals surface area contributed by atoms with E-state index in [2.05, 4.69) is 510 Å². The maximum atomic E-state index is 6.31. The van der Waals surface area contributed by atoms with Gasteiger partial charge in [0.15, 0.2) is 0 Å². The molecule has 4 aromatic heterocycles. The summed E-state index contributed by atoms with van der Waals surface area (Å²) >= 11 is 0. The van der Waals surface area contributed by atoms with Crippen molar-refractivity contribution in [2.75, 3.05) is 0 Å². The fraction of sp³-hybridized carbons (Fsp3) is 0. The van der Waals surface area contributed by atoms with Gasteiger partial charge in [-0.2, -0.15) is 0 Å². The van der Waals surface area contributed by atoms with Crippen molar-refractivity contribution >= 4 is 109 Å². The summed E-state index contributed by atoms with van der Waals surface area (Å²) in [5.74, 6) is 0. The molecule has 0 atom stereocenters. The molecule has 4 heterocycles. The lowest BCUT2D eigenvalue weighted by Gasteiger charge is -2.13. The summed E-state index contributed by atoms with van der Waals surface area (Å²) in [6.07, 6.45) is 1.99. The van der Waals surface area contributed by atoms with Gasteiger partial charge in [-0.3, -0.25) is 4.98 Å². The number of furan rings is 3. The molecule has 4 nitrogen and oxygen atoms in total. The van der Waals surface area contributed by atoms with E-state index in [9.17, 15) is 0 Å². The highest BCUT2D eigenvalue weighted by Gasteiger charge is 2.20. The molecule has 0 aliphatic rings. The van der Waals surface area contributed by atoms with Gasteiger partial charge in [0, 0.05) is 49.6 Å². The van der Waals surface area contributed by atoms with Crippen LogP contribution in [0.5, 0.6) is 0 Å². The highest BCUT2D eigenvalue weighted by molar-refractivity contribution is 6.09. The van der Waals surface area contributed by atoms with Crippen LogP contribution >= 0.6 is 0 Å². The minimum Gasteiger partial charge on any atom is -0.456 e. The van der Waals surface area contributed by atoms with Crippen molar-refractivity contribution in [3.8, 4) is 167 Å². The van der Waals surface area contributed by atoms with Crippen molar-refractivity contribution in [3.05, 3.63) is 552 Å². The van der Waals surface area contributed by atoms with Crippen LogP contribution in [0.1, 0.15) is 0 Å². The third kappa shape index (κ3) is 17.3. The number of aromatic nitrogens is 1. The van der Waals surface area contributed by atoms with Gasteiger partial charge in [0.25, 0.3) is 0 Å². The Labute approximate surface area is 840 Å². The van der Waals surface area contributed by atoms with Gasteiger partial charge in [-0.15, -0.1) is 0 Å². The third-order valence-corrected chi connectivity index (χ3v) is 28.6. The molecule has 0 spiro atoms. The minimum atomic E-state index is 0.890. The molecule has 0 amide bonds. The summed E-state index contributed by atoms with van der Waals surface area (Å²) in [4.78, 5) is 4.99. The van der Waals surface area contributed by atoms with Crippen LogP contribution in [0.2, 0.25) is 0 Å². The average Bonchev–Trinajstić information content (AvgIpc) is 1.67. The van der Waals surface area contributed by atoms with E-state index in [1.807, 2.05) is 42.6 Å². The van der Waals surface area contributed by atoms with E-state index in [1.54, 1.807) is 0 Å². The van der Waals surface area contributed by atoms with Crippen molar-refractivity contribution in [2.24, 2.45) is 0 Å². The largest absolute Gasteiger partial charge is 0.456 e. The number of benzene rings is 24. The van der Waals surface area contributed by atoms with Crippen LogP contribution in [-0.2, 0) is 0 Å². The van der Waals surface area contributed by atoms with Crippen LogP contribution in [0.4, 0.5) is 0 Å². The Bertz CT molecular complexity index is 9390. The van der Waals surface area contributed by atoms with Crippen LogP contribution in [-0.4, -0.2) is 4.98 Å². The lowest BCUT2D eigenvalue weighted by Crippen LogP contribution is -1.89.